The Morgan fingerprint density at radius 3 is 2.81 bits per heavy atom. The van der Waals surface area contributed by atoms with Gasteiger partial charge in [-0.15, -0.1) is 22.9 Å². The Morgan fingerprint density at radius 2 is 2.19 bits per heavy atom. The molecule has 0 saturated heterocycles. The fourth-order valence-electron chi connectivity index (χ4n) is 1.35. The fourth-order valence-corrected chi connectivity index (χ4v) is 2.24. The van der Waals surface area contributed by atoms with Crippen molar-refractivity contribution in [2.45, 2.75) is 5.88 Å². The van der Waals surface area contributed by atoms with Gasteiger partial charge in [-0.3, -0.25) is 10.1 Å². The van der Waals surface area contributed by atoms with E-state index in [1.165, 1.54) is 17.4 Å². The van der Waals surface area contributed by atoms with Crippen LogP contribution < -0.4 is 0 Å². The molecular weight excluding hydrogens is 248 g/mol. The van der Waals surface area contributed by atoms with Gasteiger partial charge in [-0.05, 0) is 6.07 Å². The first-order chi connectivity index (χ1) is 7.72. The van der Waals surface area contributed by atoms with E-state index in [0.29, 0.717) is 17.1 Å². The maximum absolute atomic E-state index is 10.8. The summed E-state index contributed by atoms with van der Waals surface area (Å²) in [6.07, 6.45) is 0. The molecular formula is C10H7ClN2O2S. The lowest BCUT2D eigenvalue weighted by Gasteiger charge is -1.98. The number of benzene rings is 1. The van der Waals surface area contributed by atoms with E-state index in [4.69, 9.17) is 11.6 Å². The number of rotatable bonds is 3. The zero-order valence-electron chi connectivity index (χ0n) is 8.09. The second kappa shape index (κ2) is 4.59. The summed E-state index contributed by atoms with van der Waals surface area (Å²) in [4.78, 5) is 14.6. The SMILES string of the molecule is O=[N+]([O-])c1ccccc1-c1csc(CCl)n1. The van der Waals surface area contributed by atoms with Gasteiger partial charge in [0.05, 0.1) is 22.1 Å². The van der Waals surface area contributed by atoms with E-state index in [-0.39, 0.29) is 5.69 Å². The molecule has 0 N–H and O–H groups in total. The van der Waals surface area contributed by atoms with Gasteiger partial charge in [-0.25, -0.2) is 4.98 Å². The maximum Gasteiger partial charge on any atom is 0.278 e. The number of nitrogens with zero attached hydrogens (tertiary/aromatic N) is 2. The number of thiazole rings is 1. The summed E-state index contributed by atoms with van der Waals surface area (Å²) in [7, 11) is 0. The monoisotopic (exact) mass is 254 g/mol. The van der Waals surface area contributed by atoms with E-state index < -0.39 is 4.92 Å². The molecule has 2 aromatic rings. The maximum atomic E-state index is 10.8. The topological polar surface area (TPSA) is 56.0 Å². The normalized spacial score (nSPS) is 10.3. The van der Waals surface area contributed by atoms with Crippen LogP contribution in [-0.2, 0) is 5.88 Å². The molecule has 0 unspecified atom stereocenters. The van der Waals surface area contributed by atoms with Crippen LogP contribution >= 0.6 is 22.9 Å². The number of hydrogen-bond acceptors (Lipinski definition) is 4. The molecule has 0 amide bonds. The summed E-state index contributed by atoms with van der Waals surface area (Å²) in [5, 5.41) is 13.4. The standard InChI is InChI=1S/C10H7ClN2O2S/c11-5-10-12-8(6-16-10)7-3-1-2-4-9(7)13(14)15/h1-4,6H,5H2. The molecule has 6 heteroatoms. The van der Waals surface area contributed by atoms with E-state index in [0.717, 1.165) is 5.01 Å². The highest BCUT2D eigenvalue weighted by atomic mass is 35.5. The Morgan fingerprint density at radius 1 is 1.44 bits per heavy atom. The highest BCUT2D eigenvalue weighted by molar-refractivity contribution is 7.10. The number of halogens is 1. The van der Waals surface area contributed by atoms with Crippen LogP contribution in [0.5, 0.6) is 0 Å². The largest absolute Gasteiger partial charge is 0.278 e. The zero-order valence-corrected chi connectivity index (χ0v) is 9.66. The first-order valence-corrected chi connectivity index (χ1v) is 5.88. The Bertz CT molecular complexity index is 527. The third-order valence-corrected chi connectivity index (χ3v) is 3.30. The van der Waals surface area contributed by atoms with Gasteiger partial charge in [0.15, 0.2) is 0 Å². The molecule has 1 aromatic heterocycles. The minimum absolute atomic E-state index is 0.0638. The number of nitro groups is 1. The van der Waals surface area contributed by atoms with E-state index in [1.807, 2.05) is 0 Å². The summed E-state index contributed by atoms with van der Waals surface area (Å²) in [6.45, 7) is 0. The summed E-state index contributed by atoms with van der Waals surface area (Å²) < 4.78 is 0. The quantitative estimate of drug-likeness (QED) is 0.479. The number of nitro benzene ring substituents is 1. The first-order valence-electron chi connectivity index (χ1n) is 4.46. The van der Waals surface area contributed by atoms with Crippen molar-refractivity contribution in [2.24, 2.45) is 0 Å². The van der Waals surface area contributed by atoms with E-state index in [1.54, 1.807) is 23.6 Å². The van der Waals surface area contributed by atoms with E-state index in [9.17, 15) is 10.1 Å². The fraction of sp³-hybridized carbons (Fsp3) is 0.100. The molecule has 4 nitrogen and oxygen atoms in total. The predicted molar refractivity (Wildman–Crippen MR) is 63.8 cm³/mol. The van der Waals surface area contributed by atoms with Gasteiger partial charge in [0.2, 0.25) is 0 Å². The van der Waals surface area contributed by atoms with Crippen LogP contribution in [0.25, 0.3) is 11.3 Å². The van der Waals surface area contributed by atoms with Crippen molar-refractivity contribution in [3.8, 4) is 11.3 Å². The molecule has 2 rings (SSSR count). The van der Waals surface area contributed by atoms with Crippen molar-refractivity contribution in [2.75, 3.05) is 0 Å². The average Bonchev–Trinajstić information content (AvgIpc) is 2.77. The molecule has 0 bridgehead atoms. The van der Waals surface area contributed by atoms with Crippen molar-refractivity contribution >= 4 is 28.6 Å². The lowest BCUT2D eigenvalue weighted by molar-refractivity contribution is -0.384. The van der Waals surface area contributed by atoms with Crippen LogP contribution in [-0.4, -0.2) is 9.91 Å². The van der Waals surface area contributed by atoms with Crippen molar-refractivity contribution in [3.63, 3.8) is 0 Å². The molecule has 1 aromatic carbocycles. The summed E-state index contributed by atoms with van der Waals surface area (Å²) in [5.41, 5.74) is 1.20. The van der Waals surface area contributed by atoms with Crippen molar-refractivity contribution < 1.29 is 4.92 Å². The van der Waals surface area contributed by atoms with Gasteiger partial charge >= 0.3 is 0 Å². The van der Waals surface area contributed by atoms with Crippen LogP contribution in [0.4, 0.5) is 5.69 Å². The molecule has 0 atom stereocenters. The Balaban J connectivity index is 2.50. The third-order valence-electron chi connectivity index (χ3n) is 2.04. The Labute approximate surface area is 101 Å². The highest BCUT2D eigenvalue weighted by Crippen LogP contribution is 2.30. The molecule has 16 heavy (non-hydrogen) atoms. The average molecular weight is 255 g/mol. The molecule has 0 fully saturated rings. The third kappa shape index (κ3) is 2.05. The van der Waals surface area contributed by atoms with E-state index >= 15 is 0 Å². The minimum Gasteiger partial charge on any atom is -0.258 e. The van der Waals surface area contributed by atoms with Crippen molar-refractivity contribution in [3.05, 3.63) is 44.8 Å². The van der Waals surface area contributed by atoms with Crippen molar-refractivity contribution in [1.82, 2.24) is 4.98 Å². The first kappa shape index (κ1) is 11.0. The van der Waals surface area contributed by atoms with Gasteiger partial charge in [0.25, 0.3) is 5.69 Å². The van der Waals surface area contributed by atoms with Crippen LogP contribution in [0.1, 0.15) is 5.01 Å². The molecule has 0 saturated carbocycles. The van der Waals surface area contributed by atoms with Crippen LogP contribution in [0, 0.1) is 10.1 Å². The number of hydrogen-bond donors (Lipinski definition) is 0. The molecule has 0 spiro atoms. The number of alkyl halides is 1. The molecule has 0 aliphatic heterocycles. The van der Waals surface area contributed by atoms with Crippen LogP contribution in [0.2, 0.25) is 0 Å². The zero-order chi connectivity index (χ0) is 11.5. The van der Waals surface area contributed by atoms with Crippen molar-refractivity contribution in [1.29, 1.82) is 0 Å². The molecule has 1 heterocycles. The van der Waals surface area contributed by atoms with E-state index in [2.05, 4.69) is 4.98 Å². The lowest BCUT2D eigenvalue weighted by atomic mass is 10.1. The molecule has 82 valence electrons. The van der Waals surface area contributed by atoms with Gasteiger partial charge in [0.1, 0.15) is 5.01 Å². The molecule has 0 aliphatic rings. The second-order valence-corrected chi connectivity index (χ2v) is 4.24. The summed E-state index contributed by atoms with van der Waals surface area (Å²) in [6, 6.07) is 6.54. The summed E-state index contributed by atoms with van der Waals surface area (Å²) >= 11 is 7.04. The number of para-hydroxylation sites is 1. The minimum atomic E-state index is -0.408. The summed E-state index contributed by atoms with van der Waals surface area (Å²) in [5.74, 6) is 0.325. The molecule has 0 radical (unpaired) electrons. The van der Waals surface area contributed by atoms with Crippen LogP contribution in [0.15, 0.2) is 29.6 Å². The van der Waals surface area contributed by atoms with Gasteiger partial charge in [-0.2, -0.15) is 0 Å². The molecule has 0 aliphatic carbocycles. The van der Waals surface area contributed by atoms with Crippen LogP contribution in [0.3, 0.4) is 0 Å². The highest BCUT2D eigenvalue weighted by Gasteiger charge is 2.16. The Kier molecular flexibility index (Phi) is 3.17. The van der Waals surface area contributed by atoms with Gasteiger partial charge in [0, 0.05) is 11.4 Å². The Hall–Kier alpha value is -1.46. The smallest absolute Gasteiger partial charge is 0.258 e. The van der Waals surface area contributed by atoms with Gasteiger partial charge in [-0.1, -0.05) is 12.1 Å². The predicted octanol–water partition coefficient (Wildman–Crippen LogP) is 3.46. The second-order valence-electron chi connectivity index (χ2n) is 3.03. The van der Waals surface area contributed by atoms with Gasteiger partial charge < -0.3 is 0 Å². The number of aromatic nitrogens is 1. The lowest BCUT2D eigenvalue weighted by Crippen LogP contribution is -1.91.